The van der Waals surface area contributed by atoms with Crippen molar-refractivity contribution < 1.29 is 4.79 Å². The fraction of sp³-hybridized carbons (Fsp3) is 0.542. The molecular weight excluding hydrogens is 332 g/mol. The molecule has 0 spiro atoms. The van der Waals surface area contributed by atoms with Crippen molar-refractivity contribution in [3.63, 3.8) is 0 Å². The summed E-state index contributed by atoms with van der Waals surface area (Å²) in [5.74, 6) is 0.476. The second-order valence-electron chi connectivity index (χ2n) is 7.58. The SMILES string of the molecule is CCCC[C@H](CC)C(=O)N(Cc1cccn1Cc1ccccc1)[C@@H](C)CC. The van der Waals surface area contributed by atoms with Crippen LogP contribution in [0.1, 0.15) is 71.1 Å². The summed E-state index contributed by atoms with van der Waals surface area (Å²) >= 11 is 0. The fourth-order valence-electron chi connectivity index (χ4n) is 3.56. The van der Waals surface area contributed by atoms with E-state index in [4.69, 9.17) is 0 Å². The summed E-state index contributed by atoms with van der Waals surface area (Å²) in [4.78, 5) is 15.4. The number of aromatic nitrogens is 1. The molecule has 3 nitrogen and oxygen atoms in total. The minimum Gasteiger partial charge on any atom is -0.345 e. The van der Waals surface area contributed by atoms with Crippen molar-refractivity contribution in [1.29, 1.82) is 0 Å². The van der Waals surface area contributed by atoms with Crippen LogP contribution in [0, 0.1) is 5.92 Å². The number of rotatable bonds is 11. The Hall–Kier alpha value is -2.03. The zero-order valence-corrected chi connectivity index (χ0v) is 17.5. The highest BCUT2D eigenvalue weighted by Gasteiger charge is 2.26. The maximum atomic E-state index is 13.3. The molecule has 0 aliphatic heterocycles. The first-order valence-corrected chi connectivity index (χ1v) is 10.6. The standard InChI is InChI=1S/C24H36N2O/c1-5-8-15-22(7-3)24(27)26(20(4)6-2)19-23-16-12-17-25(23)18-21-13-10-9-11-14-21/h9-14,16-17,20,22H,5-8,15,18-19H2,1-4H3/t20-,22-/m0/s1. The van der Waals surface area contributed by atoms with E-state index in [1.165, 1.54) is 11.3 Å². The lowest BCUT2D eigenvalue weighted by Crippen LogP contribution is -2.41. The van der Waals surface area contributed by atoms with Crippen LogP contribution in [-0.4, -0.2) is 21.4 Å². The molecule has 3 heteroatoms. The van der Waals surface area contributed by atoms with Gasteiger partial charge in [0.1, 0.15) is 0 Å². The number of hydrogen-bond donors (Lipinski definition) is 0. The van der Waals surface area contributed by atoms with Crippen molar-refractivity contribution >= 4 is 5.91 Å². The van der Waals surface area contributed by atoms with Gasteiger partial charge >= 0.3 is 0 Å². The van der Waals surface area contributed by atoms with E-state index in [0.717, 1.165) is 38.6 Å². The number of benzene rings is 1. The second kappa shape index (κ2) is 11.0. The first kappa shape index (κ1) is 21.3. The molecule has 0 unspecified atom stereocenters. The van der Waals surface area contributed by atoms with Crippen molar-refractivity contribution in [2.45, 2.75) is 78.9 Å². The number of hydrogen-bond acceptors (Lipinski definition) is 1. The number of unbranched alkanes of at least 4 members (excludes halogenated alkanes) is 1. The molecule has 2 atom stereocenters. The minimum atomic E-state index is 0.150. The molecular formula is C24H36N2O. The second-order valence-corrected chi connectivity index (χ2v) is 7.58. The van der Waals surface area contributed by atoms with Crippen LogP contribution in [-0.2, 0) is 17.9 Å². The molecule has 0 bridgehead atoms. The Balaban J connectivity index is 2.17. The van der Waals surface area contributed by atoms with Crippen LogP contribution in [0.4, 0.5) is 0 Å². The summed E-state index contributed by atoms with van der Waals surface area (Å²) in [7, 11) is 0. The molecule has 1 amide bonds. The Bertz CT molecular complexity index is 677. The quantitative estimate of drug-likeness (QED) is 0.486. The van der Waals surface area contributed by atoms with Crippen LogP contribution < -0.4 is 0 Å². The Morgan fingerprint density at radius 3 is 2.41 bits per heavy atom. The lowest BCUT2D eigenvalue weighted by Gasteiger charge is -2.32. The van der Waals surface area contributed by atoms with Crippen LogP contribution in [0.2, 0.25) is 0 Å². The van der Waals surface area contributed by atoms with Gasteiger partial charge in [0.05, 0.1) is 6.54 Å². The summed E-state index contributed by atoms with van der Waals surface area (Å²) in [6.45, 7) is 10.2. The van der Waals surface area contributed by atoms with Gasteiger partial charge in [0.25, 0.3) is 0 Å². The largest absolute Gasteiger partial charge is 0.345 e. The predicted molar refractivity (Wildman–Crippen MR) is 114 cm³/mol. The first-order chi connectivity index (χ1) is 13.1. The zero-order chi connectivity index (χ0) is 19.6. The van der Waals surface area contributed by atoms with Crippen LogP contribution in [0.25, 0.3) is 0 Å². The smallest absolute Gasteiger partial charge is 0.226 e. The molecule has 0 fully saturated rings. The fourth-order valence-corrected chi connectivity index (χ4v) is 3.56. The lowest BCUT2D eigenvalue weighted by atomic mass is 9.96. The molecule has 0 saturated carbocycles. The minimum absolute atomic E-state index is 0.150. The summed E-state index contributed by atoms with van der Waals surface area (Å²) in [5.41, 5.74) is 2.49. The Kier molecular flexibility index (Phi) is 8.63. The molecule has 0 N–H and O–H groups in total. The van der Waals surface area contributed by atoms with E-state index in [1.807, 2.05) is 6.07 Å². The number of amides is 1. The van der Waals surface area contributed by atoms with Gasteiger partial charge in [-0.05, 0) is 43.9 Å². The number of carbonyl (C=O) groups is 1. The summed E-state index contributed by atoms with van der Waals surface area (Å²) < 4.78 is 2.27. The third kappa shape index (κ3) is 5.98. The maximum Gasteiger partial charge on any atom is 0.226 e. The van der Waals surface area contributed by atoms with Gasteiger partial charge in [0.2, 0.25) is 5.91 Å². The van der Waals surface area contributed by atoms with Crippen LogP contribution in [0.3, 0.4) is 0 Å². The Morgan fingerprint density at radius 2 is 1.78 bits per heavy atom. The summed E-state index contributed by atoms with van der Waals surface area (Å²) in [6, 6.07) is 15.0. The van der Waals surface area contributed by atoms with Gasteiger partial charge in [-0.25, -0.2) is 0 Å². The van der Waals surface area contributed by atoms with Crippen LogP contribution in [0.5, 0.6) is 0 Å². The molecule has 1 heterocycles. The van der Waals surface area contributed by atoms with Gasteiger partial charge in [-0.2, -0.15) is 0 Å². The topological polar surface area (TPSA) is 25.2 Å². The van der Waals surface area contributed by atoms with Crippen LogP contribution >= 0.6 is 0 Å². The van der Waals surface area contributed by atoms with E-state index in [2.05, 4.69) is 79.8 Å². The Morgan fingerprint density at radius 1 is 1.04 bits per heavy atom. The molecule has 1 aromatic carbocycles. The van der Waals surface area contributed by atoms with E-state index in [1.54, 1.807) is 0 Å². The molecule has 0 saturated heterocycles. The molecule has 2 rings (SSSR count). The van der Waals surface area contributed by atoms with Gasteiger partial charge in [-0.3, -0.25) is 4.79 Å². The Labute approximate surface area is 165 Å². The highest BCUT2D eigenvalue weighted by Crippen LogP contribution is 2.21. The van der Waals surface area contributed by atoms with Gasteiger partial charge in [-0.1, -0.05) is 63.9 Å². The van der Waals surface area contributed by atoms with Crippen molar-refractivity contribution in [3.8, 4) is 0 Å². The van der Waals surface area contributed by atoms with E-state index in [-0.39, 0.29) is 12.0 Å². The van der Waals surface area contributed by atoms with Gasteiger partial charge in [-0.15, -0.1) is 0 Å². The molecule has 2 aromatic rings. The first-order valence-electron chi connectivity index (χ1n) is 10.6. The summed E-state index contributed by atoms with van der Waals surface area (Å²) in [6.07, 6.45) is 7.31. The predicted octanol–water partition coefficient (Wildman–Crippen LogP) is 5.88. The molecule has 0 aliphatic rings. The van der Waals surface area contributed by atoms with Crippen molar-refractivity contribution in [1.82, 2.24) is 9.47 Å². The van der Waals surface area contributed by atoms with Gasteiger partial charge < -0.3 is 9.47 Å². The van der Waals surface area contributed by atoms with Crippen molar-refractivity contribution in [3.05, 3.63) is 59.9 Å². The lowest BCUT2D eigenvalue weighted by molar-refractivity contribution is -0.139. The number of nitrogens with zero attached hydrogens (tertiary/aromatic N) is 2. The molecule has 27 heavy (non-hydrogen) atoms. The monoisotopic (exact) mass is 368 g/mol. The highest BCUT2D eigenvalue weighted by atomic mass is 16.2. The maximum absolute atomic E-state index is 13.3. The van der Waals surface area contributed by atoms with Gasteiger partial charge in [0.15, 0.2) is 0 Å². The third-order valence-corrected chi connectivity index (χ3v) is 5.61. The summed E-state index contributed by atoms with van der Waals surface area (Å²) in [5, 5.41) is 0. The van der Waals surface area contributed by atoms with E-state index >= 15 is 0 Å². The van der Waals surface area contributed by atoms with Crippen molar-refractivity contribution in [2.75, 3.05) is 0 Å². The van der Waals surface area contributed by atoms with E-state index < -0.39 is 0 Å². The number of carbonyl (C=O) groups excluding carboxylic acids is 1. The highest BCUT2D eigenvalue weighted by molar-refractivity contribution is 5.79. The van der Waals surface area contributed by atoms with Gasteiger partial charge in [0, 0.05) is 30.4 Å². The van der Waals surface area contributed by atoms with Crippen LogP contribution in [0.15, 0.2) is 48.7 Å². The van der Waals surface area contributed by atoms with Crippen molar-refractivity contribution in [2.24, 2.45) is 5.92 Å². The normalized spacial score (nSPS) is 13.3. The average Bonchev–Trinajstić information content (AvgIpc) is 3.13. The van der Waals surface area contributed by atoms with E-state index in [0.29, 0.717) is 12.5 Å². The molecule has 0 radical (unpaired) electrons. The molecule has 148 valence electrons. The average molecular weight is 369 g/mol. The zero-order valence-electron chi connectivity index (χ0n) is 17.5. The molecule has 0 aliphatic carbocycles. The third-order valence-electron chi connectivity index (χ3n) is 5.61. The van der Waals surface area contributed by atoms with E-state index in [9.17, 15) is 4.79 Å². The molecule has 1 aromatic heterocycles.